The van der Waals surface area contributed by atoms with Gasteiger partial charge in [-0.05, 0) is 26.5 Å². The van der Waals surface area contributed by atoms with Gasteiger partial charge in [-0.15, -0.1) is 11.8 Å². The Labute approximate surface area is 101 Å². The van der Waals surface area contributed by atoms with Crippen LogP contribution in [0.3, 0.4) is 0 Å². The highest BCUT2D eigenvalue weighted by molar-refractivity contribution is 7.99. The van der Waals surface area contributed by atoms with E-state index < -0.39 is 11.9 Å². The Morgan fingerprint density at radius 3 is 2.50 bits per heavy atom. The predicted molar refractivity (Wildman–Crippen MR) is 62.3 cm³/mol. The molecule has 0 spiro atoms. The third kappa shape index (κ3) is 2.24. The van der Waals surface area contributed by atoms with Crippen LogP contribution >= 0.6 is 11.8 Å². The first-order chi connectivity index (χ1) is 7.44. The van der Waals surface area contributed by atoms with E-state index in [1.165, 1.54) is 0 Å². The molecule has 0 radical (unpaired) electrons. The fraction of sp³-hybridized carbons (Fsp3) is 1.00. The van der Waals surface area contributed by atoms with E-state index in [0.29, 0.717) is 0 Å². The van der Waals surface area contributed by atoms with Gasteiger partial charge < -0.3 is 19.3 Å². The number of ether oxygens (including phenoxy) is 3. The number of aliphatic hydroxyl groups excluding tert-OH is 1. The van der Waals surface area contributed by atoms with Crippen LogP contribution in [0.5, 0.6) is 0 Å². The van der Waals surface area contributed by atoms with E-state index in [0.717, 1.165) is 5.75 Å². The van der Waals surface area contributed by atoms with Crippen LogP contribution in [0.4, 0.5) is 0 Å². The van der Waals surface area contributed by atoms with Gasteiger partial charge in [0.25, 0.3) is 0 Å². The molecule has 0 saturated carbocycles. The van der Waals surface area contributed by atoms with Crippen LogP contribution in [0.25, 0.3) is 0 Å². The van der Waals surface area contributed by atoms with Gasteiger partial charge in [-0.3, -0.25) is 0 Å². The molecule has 0 aromatic rings. The summed E-state index contributed by atoms with van der Waals surface area (Å²) in [5.41, 5.74) is -0.0461. The highest BCUT2D eigenvalue weighted by atomic mass is 32.2. The summed E-state index contributed by atoms with van der Waals surface area (Å²) in [5, 5.41) is 10.0. The van der Waals surface area contributed by atoms with Gasteiger partial charge in [0.05, 0.1) is 6.10 Å². The molecule has 2 heterocycles. The van der Waals surface area contributed by atoms with Crippen molar-refractivity contribution in [3.05, 3.63) is 0 Å². The van der Waals surface area contributed by atoms with Crippen molar-refractivity contribution in [2.24, 2.45) is 0 Å². The van der Waals surface area contributed by atoms with Gasteiger partial charge in [0.2, 0.25) is 0 Å². The first-order valence-electron chi connectivity index (χ1n) is 5.75. The SMILES string of the molecule is CCSC1OC(C)C(O)C2OC(C)(C)OC12. The topological polar surface area (TPSA) is 47.9 Å². The Morgan fingerprint density at radius 1 is 1.25 bits per heavy atom. The largest absolute Gasteiger partial charge is 0.388 e. The summed E-state index contributed by atoms with van der Waals surface area (Å²) >= 11 is 1.70. The Hall–Kier alpha value is 0.190. The first-order valence-corrected chi connectivity index (χ1v) is 6.80. The van der Waals surface area contributed by atoms with Gasteiger partial charge >= 0.3 is 0 Å². The quantitative estimate of drug-likeness (QED) is 0.799. The molecular weight excluding hydrogens is 228 g/mol. The van der Waals surface area contributed by atoms with Crippen molar-refractivity contribution in [2.45, 2.75) is 63.3 Å². The molecular formula is C11H20O4S. The summed E-state index contributed by atoms with van der Waals surface area (Å²) in [4.78, 5) is 0. The fourth-order valence-electron chi connectivity index (χ4n) is 2.23. The van der Waals surface area contributed by atoms with E-state index in [2.05, 4.69) is 6.92 Å². The Kier molecular flexibility index (Phi) is 3.52. The molecule has 5 unspecified atom stereocenters. The van der Waals surface area contributed by atoms with Crippen molar-refractivity contribution in [1.29, 1.82) is 0 Å². The van der Waals surface area contributed by atoms with Crippen molar-refractivity contribution in [2.75, 3.05) is 5.75 Å². The van der Waals surface area contributed by atoms with Gasteiger partial charge in [0.1, 0.15) is 23.7 Å². The van der Waals surface area contributed by atoms with Crippen molar-refractivity contribution in [1.82, 2.24) is 0 Å². The normalized spacial score (nSPS) is 46.7. The minimum Gasteiger partial charge on any atom is -0.388 e. The highest BCUT2D eigenvalue weighted by Crippen LogP contribution is 2.40. The van der Waals surface area contributed by atoms with Gasteiger partial charge in [-0.2, -0.15) is 0 Å². The predicted octanol–water partition coefficient (Wildman–Crippen LogP) is 1.37. The second-order valence-corrected chi connectivity index (χ2v) is 6.10. The lowest BCUT2D eigenvalue weighted by Crippen LogP contribution is -2.54. The number of aliphatic hydroxyl groups is 1. The molecule has 0 bridgehead atoms. The first kappa shape index (κ1) is 12.6. The van der Waals surface area contributed by atoms with Crippen molar-refractivity contribution >= 4 is 11.8 Å². The maximum atomic E-state index is 10.0. The van der Waals surface area contributed by atoms with Gasteiger partial charge in [-0.25, -0.2) is 0 Å². The maximum Gasteiger partial charge on any atom is 0.164 e. The van der Waals surface area contributed by atoms with Crippen molar-refractivity contribution in [3.8, 4) is 0 Å². The van der Waals surface area contributed by atoms with E-state index in [9.17, 15) is 5.11 Å². The van der Waals surface area contributed by atoms with Gasteiger partial charge in [-0.1, -0.05) is 6.92 Å². The second-order valence-electron chi connectivity index (χ2n) is 4.72. The molecule has 0 aromatic carbocycles. The molecule has 2 aliphatic heterocycles. The molecule has 2 aliphatic rings. The Balaban J connectivity index is 2.15. The summed E-state index contributed by atoms with van der Waals surface area (Å²) in [5.74, 6) is 0.330. The lowest BCUT2D eigenvalue weighted by atomic mass is 10.0. The lowest BCUT2D eigenvalue weighted by molar-refractivity contribution is -0.159. The summed E-state index contributed by atoms with van der Waals surface area (Å²) < 4.78 is 17.3. The van der Waals surface area contributed by atoms with Crippen LogP contribution in [0.1, 0.15) is 27.7 Å². The summed E-state index contributed by atoms with van der Waals surface area (Å²) in [6, 6.07) is 0. The molecule has 94 valence electrons. The van der Waals surface area contributed by atoms with Crippen LogP contribution in [-0.2, 0) is 14.2 Å². The number of hydrogen-bond acceptors (Lipinski definition) is 5. The minimum atomic E-state index is -0.629. The van der Waals surface area contributed by atoms with Crippen molar-refractivity contribution in [3.63, 3.8) is 0 Å². The van der Waals surface area contributed by atoms with Gasteiger partial charge in [0.15, 0.2) is 5.79 Å². The standard InChI is InChI=1S/C11H20O4S/c1-5-16-10-9-8(7(12)6(2)13-10)14-11(3,4)15-9/h6-10,12H,5H2,1-4H3. The number of hydrogen-bond donors (Lipinski definition) is 1. The molecule has 2 rings (SSSR count). The highest BCUT2D eigenvalue weighted by Gasteiger charge is 2.53. The van der Waals surface area contributed by atoms with E-state index in [-0.39, 0.29) is 23.7 Å². The summed E-state index contributed by atoms with van der Waals surface area (Å²) in [6.07, 6.45) is -1.27. The molecule has 1 N–H and O–H groups in total. The van der Waals surface area contributed by atoms with Crippen LogP contribution < -0.4 is 0 Å². The zero-order valence-corrected chi connectivity index (χ0v) is 11.0. The average Bonchev–Trinajstić information content (AvgIpc) is 2.51. The van der Waals surface area contributed by atoms with E-state index in [4.69, 9.17) is 14.2 Å². The molecule has 0 amide bonds. The number of fused-ring (bicyclic) bond motifs is 1. The molecule has 5 heteroatoms. The molecule has 0 aliphatic carbocycles. The molecule has 0 aromatic heterocycles. The fourth-order valence-corrected chi connectivity index (χ4v) is 3.21. The van der Waals surface area contributed by atoms with Crippen LogP contribution in [0, 0.1) is 0 Å². The molecule has 2 fully saturated rings. The Bertz CT molecular complexity index is 258. The molecule has 2 saturated heterocycles. The smallest absolute Gasteiger partial charge is 0.164 e. The van der Waals surface area contributed by atoms with E-state index in [1.807, 2.05) is 20.8 Å². The third-order valence-corrected chi connectivity index (χ3v) is 3.97. The van der Waals surface area contributed by atoms with Crippen LogP contribution in [0.2, 0.25) is 0 Å². The molecule has 4 nitrogen and oxygen atoms in total. The van der Waals surface area contributed by atoms with Crippen LogP contribution in [-0.4, -0.2) is 46.5 Å². The molecule has 5 atom stereocenters. The summed E-state index contributed by atoms with van der Waals surface area (Å²) in [6.45, 7) is 7.70. The number of rotatable bonds is 2. The summed E-state index contributed by atoms with van der Waals surface area (Å²) in [7, 11) is 0. The zero-order chi connectivity index (χ0) is 11.9. The van der Waals surface area contributed by atoms with E-state index >= 15 is 0 Å². The average molecular weight is 248 g/mol. The molecule has 16 heavy (non-hydrogen) atoms. The lowest BCUT2D eigenvalue weighted by Gasteiger charge is -2.38. The Morgan fingerprint density at radius 2 is 1.88 bits per heavy atom. The monoisotopic (exact) mass is 248 g/mol. The number of thioether (sulfide) groups is 1. The van der Waals surface area contributed by atoms with Crippen LogP contribution in [0.15, 0.2) is 0 Å². The zero-order valence-electron chi connectivity index (χ0n) is 10.2. The maximum absolute atomic E-state index is 10.0. The van der Waals surface area contributed by atoms with Crippen molar-refractivity contribution < 1.29 is 19.3 Å². The van der Waals surface area contributed by atoms with E-state index in [1.54, 1.807) is 11.8 Å². The third-order valence-electron chi connectivity index (χ3n) is 2.93. The second kappa shape index (κ2) is 4.46. The van der Waals surface area contributed by atoms with Gasteiger partial charge in [0, 0.05) is 0 Å². The minimum absolute atomic E-state index is 0.0461.